The van der Waals surface area contributed by atoms with Gasteiger partial charge in [0.25, 0.3) is 0 Å². The molecule has 186 valence electrons. The van der Waals surface area contributed by atoms with Gasteiger partial charge in [-0.05, 0) is 69.1 Å². The van der Waals surface area contributed by atoms with E-state index >= 15 is 0 Å². The Hall–Kier alpha value is -4.10. The molecule has 1 aliphatic rings. The van der Waals surface area contributed by atoms with E-state index < -0.39 is 0 Å². The average molecular weight is 490 g/mol. The number of aromatic amines is 1. The van der Waals surface area contributed by atoms with Crippen LogP contribution in [0.3, 0.4) is 0 Å². The van der Waals surface area contributed by atoms with Crippen LogP contribution in [0.25, 0.3) is 28.6 Å². The number of piperidine rings is 1. The number of hydrogen-bond acceptors (Lipinski definition) is 5. The minimum atomic E-state index is 0.407. The van der Waals surface area contributed by atoms with Gasteiger partial charge in [-0.2, -0.15) is 5.10 Å². The third-order valence-corrected chi connectivity index (χ3v) is 7.23. The van der Waals surface area contributed by atoms with Gasteiger partial charge in [0.05, 0.1) is 0 Å². The molecule has 1 N–H and O–H groups in total. The normalized spacial score (nSPS) is 14.8. The van der Waals surface area contributed by atoms with Gasteiger partial charge in [0.15, 0.2) is 5.82 Å². The molecule has 0 atom stereocenters. The zero-order valence-electron chi connectivity index (χ0n) is 21.3. The first kappa shape index (κ1) is 23.3. The third kappa shape index (κ3) is 4.95. The van der Waals surface area contributed by atoms with E-state index in [1.165, 1.54) is 11.1 Å². The molecule has 3 aromatic heterocycles. The zero-order chi connectivity index (χ0) is 25.2. The number of hydrogen-bond donors (Lipinski definition) is 1. The molecule has 7 heteroatoms. The Bertz CT molecular complexity index is 1490. The SMILES string of the molecule is Cc1cccc(-c2n[nH]c(C3CCN(Cc4ccc(-c5nccn5-c5ccccc5C)cc4)CC3)n2)n1. The molecule has 0 saturated carbocycles. The maximum atomic E-state index is 4.77. The van der Waals surface area contributed by atoms with Gasteiger partial charge in [0, 0.05) is 41.8 Å². The van der Waals surface area contributed by atoms with Crippen molar-refractivity contribution < 1.29 is 0 Å². The Labute approximate surface area is 217 Å². The van der Waals surface area contributed by atoms with Crippen LogP contribution >= 0.6 is 0 Å². The Morgan fingerprint density at radius 3 is 2.49 bits per heavy atom. The Morgan fingerprint density at radius 2 is 1.70 bits per heavy atom. The van der Waals surface area contributed by atoms with Crippen molar-refractivity contribution in [2.45, 2.75) is 39.2 Å². The maximum Gasteiger partial charge on any atom is 0.199 e. The molecular weight excluding hydrogens is 458 g/mol. The second kappa shape index (κ2) is 10.1. The van der Waals surface area contributed by atoms with Crippen molar-refractivity contribution in [1.82, 2.24) is 34.6 Å². The van der Waals surface area contributed by atoms with Crippen LogP contribution in [0.1, 0.15) is 41.4 Å². The fourth-order valence-electron chi connectivity index (χ4n) is 5.17. The first-order chi connectivity index (χ1) is 18.1. The summed E-state index contributed by atoms with van der Waals surface area (Å²) in [4.78, 5) is 16.5. The Balaban J connectivity index is 1.08. The van der Waals surface area contributed by atoms with Gasteiger partial charge in [-0.3, -0.25) is 14.6 Å². The molecule has 37 heavy (non-hydrogen) atoms. The van der Waals surface area contributed by atoms with Gasteiger partial charge in [0.1, 0.15) is 17.3 Å². The summed E-state index contributed by atoms with van der Waals surface area (Å²) in [5.41, 5.74) is 6.64. The number of pyridine rings is 1. The Kier molecular flexibility index (Phi) is 6.37. The lowest BCUT2D eigenvalue weighted by Gasteiger charge is -2.30. The van der Waals surface area contributed by atoms with Crippen molar-refractivity contribution in [3.63, 3.8) is 0 Å². The van der Waals surface area contributed by atoms with Crippen LogP contribution in [0.5, 0.6) is 0 Å². The van der Waals surface area contributed by atoms with E-state index in [0.717, 1.165) is 66.8 Å². The molecule has 2 aromatic carbocycles. The molecule has 4 heterocycles. The number of aromatic nitrogens is 6. The lowest BCUT2D eigenvalue weighted by molar-refractivity contribution is 0.202. The predicted octanol–water partition coefficient (Wildman–Crippen LogP) is 5.72. The van der Waals surface area contributed by atoms with Gasteiger partial charge in [-0.15, -0.1) is 0 Å². The number of nitrogens with zero attached hydrogens (tertiary/aromatic N) is 6. The molecule has 0 radical (unpaired) electrons. The summed E-state index contributed by atoms with van der Waals surface area (Å²) < 4.78 is 2.17. The molecule has 5 aromatic rings. The van der Waals surface area contributed by atoms with Crippen LogP contribution in [0.2, 0.25) is 0 Å². The smallest absolute Gasteiger partial charge is 0.199 e. The van der Waals surface area contributed by atoms with Gasteiger partial charge in [-0.25, -0.2) is 15.0 Å². The molecule has 0 amide bonds. The lowest BCUT2D eigenvalue weighted by atomic mass is 9.96. The van der Waals surface area contributed by atoms with Crippen LogP contribution in [-0.4, -0.2) is 47.7 Å². The first-order valence-corrected chi connectivity index (χ1v) is 12.9. The molecule has 7 nitrogen and oxygen atoms in total. The monoisotopic (exact) mass is 489 g/mol. The molecular formula is C30H31N7. The summed E-state index contributed by atoms with van der Waals surface area (Å²) in [5.74, 6) is 3.04. The Morgan fingerprint density at radius 1 is 0.892 bits per heavy atom. The van der Waals surface area contributed by atoms with E-state index in [9.17, 15) is 0 Å². The van der Waals surface area contributed by atoms with Gasteiger partial charge in [-0.1, -0.05) is 48.5 Å². The molecule has 1 aliphatic heterocycles. The molecule has 0 aliphatic carbocycles. The van der Waals surface area contributed by atoms with Crippen molar-refractivity contribution in [1.29, 1.82) is 0 Å². The van der Waals surface area contributed by atoms with Crippen LogP contribution in [-0.2, 0) is 6.54 Å². The van der Waals surface area contributed by atoms with E-state index in [0.29, 0.717) is 11.7 Å². The summed E-state index contributed by atoms with van der Waals surface area (Å²) in [7, 11) is 0. The number of benzene rings is 2. The second-order valence-electron chi connectivity index (χ2n) is 9.86. The van der Waals surface area contributed by atoms with E-state index in [4.69, 9.17) is 4.98 Å². The maximum absolute atomic E-state index is 4.77. The van der Waals surface area contributed by atoms with Crippen LogP contribution < -0.4 is 0 Å². The predicted molar refractivity (Wildman–Crippen MR) is 145 cm³/mol. The number of likely N-dealkylation sites (tertiary alicyclic amines) is 1. The van der Waals surface area contributed by atoms with Crippen LogP contribution in [0.4, 0.5) is 0 Å². The van der Waals surface area contributed by atoms with Crippen molar-refractivity contribution >= 4 is 0 Å². The topological polar surface area (TPSA) is 75.5 Å². The molecule has 6 rings (SSSR count). The number of imidazole rings is 1. The lowest BCUT2D eigenvalue weighted by Crippen LogP contribution is -2.32. The molecule has 0 spiro atoms. The number of nitrogens with one attached hydrogen (secondary N) is 1. The first-order valence-electron chi connectivity index (χ1n) is 12.9. The number of H-pyrrole nitrogens is 1. The number of rotatable bonds is 6. The summed E-state index contributed by atoms with van der Waals surface area (Å²) in [6.45, 7) is 7.16. The van der Waals surface area contributed by atoms with E-state index in [-0.39, 0.29) is 0 Å². The molecule has 0 bridgehead atoms. The molecule has 0 unspecified atom stereocenters. The van der Waals surface area contributed by atoms with Crippen molar-refractivity contribution in [2.24, 2.45) is 0 Å². The van der Waals surface area contributed by atoms with Crippen LogP contribution in [0.15, 0.2) is 79.1 Å². The minimum absolute atomic E-state index is 0.407. The highest BCUT2D eigenvalue weighted by atomic mass is 15.2. The fraction of sp³-hybridized carbons (Fsp3) is 0.267. The summed E-state index contributed by atoms with van der Waals surface area (Å²) in [6.07, 6.45) is 6.04. The van der Waals surface area contributed by atoms with Gasteiger partial charge >= 0.3 is 0 Å². The van der Waals surface area contributed by atoms with Crippen molar-refractivity contribution in [2.75, 3.05) is 13.1 Å². The molecule has 1 fully saturated rings. The van der Waals surface area contributed by atoms with Gasteiger partial charge in [0.2, 0.25) is 0 Å². The highest BCUT2D eigenvalue weighted by molar-refractivity contribution is 5.60. The fourth-order valence-corrected chi connectivity index (χ4v) is 5.17. The average Bonchev–Trinajstić information content (AvgIpc) is 3.61. The van der Waals surface area contributed by atoms with Crippen molar-refractivity contribution in [3.8, 4) is 28.6 Å². The van der Waals surface area contributed by atoms with Crippen LogP contribution in [0, 0.1) is 13.8 Å². The second-order valence-corrected chi connectivity index (χ2v) is 9.86. The highest BCUT2D eigenvalue weighted by Gasteiger charge is 2.24. The number of aryl methyl sites for hydroxylation is 2. The third-order valence-electron chi connectivity index (χ3n) is 7.23. The summed E-state index contributed by atoms with van der Waals surface area (Å²) >= 11 is 0. The largest absolute Gasteiger partial charge is 0.300 e. The quantitative estimate of drug-likeness (QED) is 0.330. The highest BCUT2D eigenvalue weighted by Crippen LogP contribution is 2.28. The zero-order valence-corrected chi connectivity index (χ0v) is 21.3. The minimum Gasteiger partial charge on any atom is -0.300 e. The summed E-state index contributed by atoms with van der Waals surface area (Å²) in [5, 5.41) is 7.60. The van der Waals surface area contributed by atoms with Crippen molar-refractivity contribution in [3.05, 3.63) is 102 Å². The standard InChI is InChI=1S/C30H31N7/c1-21-6-3-4-9-27(21)37-19-16-31-30(37)25-12-10-23(11-13-25)20-36-17-14-24(15-18-36)28-33-29(35-34-28)26-8-5-7-22(2)32-26/h3-13,16,19,24H,14-15,17-18,20H2,1-2H3,(H,33,34,35). The number of para-hydroxylation sites is 1. The molecule has 1 saturated heterocycles. The van der Waals surface area contributed by atoms with E-state index in [1.807, 2.05) is 37.5 Å². The van der Waals surface area contributed by atoms with Gasteiger partial charge < -0.3 is 0 Å². The van der Waals surface area contributed by atoms with E-state index in [1.54, 1.807) is 0 Å². The summed E-state index contributed by atoms with van der Waals surface area (Å²) in [6, 6.07) is 23.2. The van der Waals surface area contributed by atoms with E-state index in [2.05, 4.69) is 85.1 Å².